The fourth-order valence-electron chi connectivity index (χ4n) is 4.71. The van der Waals surface area contributed by atoms with E-state index in [1.54, 1.807) is 12.1 Å². The number of aryl methyl sites for hydroxylation is 2. The van der Waals surface area contributed by atoms with Crippen LogP contribution < -0.4 is 0 Å². The van der Waals surface area contributed by atoms with Gasteiger partial charge in [0.15, 0.2) is 23.3 Å². The lowest BCUT2D eigenvalue weighted by Crippen LogP contribution is -2.20. The maximum Gasteiger partial charge on any atom is 0.166 e. The molecule has 0 spiro atoms. The molecule has 0 amide bonds. The molecule has 0 aliphatic heterocycles. The summed E-state index contributed by atoms with van der Waals surface area (Å²) in [5.74, 6) is -3.18. The Bertz CT molecular complexity index is 1090. The molecule has 0 aromatic heterocycles. The van der Waals surface area contributed by atoms with Crippen molar-refractivity contribution in [1.29, 1.82) is 0 Å². The van der Waals surface area contributed by atoms with Gasteiger partial charge < -0.3 is 4.74 Å². The zero-order valence-electron chi connectivity index (χ0n) is 18.7. The van der Waals surface area contributed by atoms with Crippen molar-refractivity contribution in [2.45, 2.75) is 57.5 Å². The highest BCUT2D eigenvalue weighted by Crippen LogP contribution is 2.35. The van der Waals surface area contributed by atoms with Crippen molar-refractivity contribution in [3.8, 4) is 11.1 Å². The van der Waals surface area contributed by atoms with E-state index >= 15 is 0 Å². The predicted octanol–water partition coefficient (Wildman–Crippen LogP) is 7.76. The van der Waals surface area contributed by atoms with Gasteiger partial charge >= 0.3 is 0 Å². The number of rotatable bonds is 7. The summed E-state index contributed by atoms with van der Waals surface area (Å²) in [7, 11) is 0. The van der Waals surface area contributed by atoms with E-state index in [9.17, 15) is 17.6 Å². The summed E-state index contributed by atoms with van der Waals surface area (Å²) in [5.41, 5.74) is 2.81. The summed E-state index contributed by atoms with van der Waals surface area (Å²) in [6.07, 6.45) is 5.06. The molecule has 0 heterocycles. The second-order valence-electron chi connectivity index (χ2n) is 8.70. The molecule has 1 aliphatic rings. The van der Waals surface area contributed by atoms with Crippen molar-refractivity contribution >= 4 is 0 Å². The van der Waals surface area contributed by atoms with E-state index in [-0.39, 0.29) is 24.0 Å². The fraction of sp³-hybridized carbons (Fsp3) is 0.357. The Morgan fingerprint density at radius 2 is 1.48 bits per heavy atom. The molecule has 1 aliphatic carbocycles. The van der Waals surface area contributed by atoms with Crippen LogP contribution in [-0.4, -0.2) is 12.7 Å². The first-order chi connectivity index (χ1) is 16.0. The van der Waals surface area contributed by atoms with Gasteiger partial charge in [-0.3, -0.25) is 0 Å². The average molecular weight is 457 g/mol. The monoisotopic (exact) mass is 456 g/mol. The van der Waals surface area contributed by atoms with Crippen LogP contribution in [0.15, 0.2) is 54.6 Å². The molecule has 3 aromatic rings. The van der Waals surface area contributed by atoms with Gasteiger partial charge in [-0.05, 0) is 85.8 Å². The van der Waals surface area contributed by atoms with Gasteiger partial charge in [0, 0.05) is 12.2 Å². The smallest absolute Gasteiger partial charge is 0.166 e. The van der Waals surface area contributed by atoms with Crippen molar-refractivity contribution in [2.75, 3.05) is 6.61 Å². The average Bonchev–Trinajstić information content (AvgIpc) is 2.83. The Balaban J connectivity index is 1.44. The third-order valence-corrected chi connectivity index (χ3v) is 6.60. The van der Waals surface area contributed by atoms with E-state index in [0.29, 0.717) is 23.1 Å². The molecule has 1 fully saturated rings. The second kappa shape index (κ2) is 10.5. The largest absolute Gasteiger partial charge is 0.379 e. The third-order valence-electron chi connectivity index (χ3n) is 6.60. The number of hydrogen-bond donors (Lipinski definition) is 0. The summed E-state index contributed by atoms with van der Waals surface area (Å²) in [6, 6.07) is 14.4. The zero-order chi connectivity index (χ0) is 23.4. The van der Waals surface area contributed by atoms with Crippen molar-refractivity contribution < 1.29 is 22.3 Å². The Morgan fingerprint density at radius 1 is 0.758 bits per heavy atom. The molecular formula is C28H28F4O. The van der Waals surface area contributed by atoms with E-state index in [4.69, 9.17) is 4.74 Å². The topological polar surface area (TPSA) is 9.23 Å². The second-order valence-corrected chi connectivity index (χ2v) is 8.70. The van der Waals surface area contributed by atoms with Crippen LogP contribution in [0.25, 0.3) is 11.1 Å². The van der Waals surface area contributed by atoms with Crippen molar-refractivity contribution in [1.82, 2.24) is 0 Å². The summed E-state index contributed by atoms with van der Waals surface area (Å²) < 4.78 is 61.8. The molecule has 1 nitrogen and oxygen atoms in total. The maximum atomic E-state index is 14.9. The highest BCUT2D eigenvalue weighted by atomic mass is 19.2. The third kappa shape index (κ3) is 5.47. The van der Waals surface area contributed by atoms with Gasteiger partial charge in [-0.2, -0.15) is 0 Å². The Labute approximate surface area is 192 Å². The summed E-state index contributed by atoms with van der Waals surface area (Å²) in [6.45, 7) is 2.77. The van der Waals surface area contributed by atoms with Gasteiger partial charge in [-0.15, -0.1) is 0 Å². The molecular weight excluding hydrogens is 428 g/mol. The molecule has 33 heavy (non-hydrogen) atoms. The molecule has 174 valence electrons. The maximum absolute atomic E-state index is 14.9. The van der Waals surface area contributed by atoms with Gasteiger partial charge in [-0.1, -0.05) is 42.5 Å². The minimum atomic E-state index is -0.944. The SMILES string of the molecule is CCOC1CCC(c2ccc(-c3ccc(CCc4ccc(F)c(F)c4)c(F)c3F)cc2)CC1. The first-order valence-electron chi connectivity index (χ1n) is 11.6. The van der Waals surface area contributed by atoms with E-state index in [1.165, 1.54) is 11.6 Å². The highest BCUT2D eigenvalue weighted by Gasteiger charge is 2.23. The fourth-order valence-corrected chi connectivity index (χ4v) is 4.71. The molecule has 3 aromatic carbocycles. The van der Waals surface area contributed by atoms with Gasteiger partial charge in [0.25, 0.3) is 0 Å². The van der Waals surface area contributed by atoms with Crippen molar-refractivity contribution in [3.05, 3.63) is 94.6 Å². The van der Waals surface area contributed by atoms with Crippen LogP contribution in [0.4, 0.5) is 17.6 Å². The first kappa shape index (κ1) is 23.5. The lowest BCUT2D eigenvalue weighted by molar-refractivity contribution is 0.0328. The number of halogens is 4. The van der Waals surface area contributed by atoms with E-state index in [0.717, 1.165) is 44.4 Å². The van der Waals surface area contributed by atoms with Crippen molar-refractivity contribution in [2.24, 2.45) is 0 Å². The first-order valence-corrected chi connectivity index (χ1v) is 11.6. The van der Waals surface area contributed by atoms with Gasteiger partial charge in [0.1, 0.15) is 0 Å². The lowest BCUT2D eigenvalue weighted by Gasteiger charge is -2.28. The van der Waals surface area contributed by atoms with Gasteiger partial charge in [-0.25, -0.2) is 17.6 Å². The number of benzene rings is 3. The summed E-state index contributed by atoms with van der Waals surface area (Å²) in [4.78, 5) is 0. The van der Waals surface area contributed by atoms with Gasteiger partial charge in [0.2, 0.25) is 0 Å². The van der Waals surface area contributed by atoms with Crippen LogP contribution in [-0.2, 0) is 17.6 Å². The Hall–Kier alpha value is -2.66. The molecule has 0 unspecified atom stereocenters. The van der Waals surface area contributed by atoms with E-state index < -0.39 is 23.3 Å². The van der Waals surface area contributed by atoms with E-state index in [1.807, 2.05) is 31.2 Å². The van der Waals surface area contributed by atoms with Crippen LogP contribution in [0.5, 0.6) is 0 Å². The van der Waals surface area contributed by atoms with Crippen LogP contribution in [0.3, 0.4) is 0 Å². The minimum Gasteiger partial charge on any atom is -0.379 e. The summed E-state index contributed by atoms with van der Waals surface area (Å²) in [5, 5.41) is 0. The van der Waals surface area contributed by atoms with Crippen LogP contribution in [0.2, 0.25) is 0 Å². The van der Waals surface area contributed by atoms with E-state index in [2.05, 4.69) is 0 Å². The number of ether oxygens (including phenoxy) is 1. The summed E-state index contributed by atoms with van der Waals surface area (Å²) >= 11 is 0. The molecule has 0 radical (unpaired) electrons. The van der Waals surface area contributed by atoms with Crippen LogP contribution >= 0.6 is 0 Å². The molecule has 0 bridgehead atoms. The van der Waals surface area contributed by atoms with Crippen LogP contribution in [0.1, 0.15) is 55.2 Å². The molecule has 1 saturated carbocycles. The predicted molar refractivity (Wildman–Crippen MR) is 122 cm³/mol. The van der Waals surface area contributed by atoms with Gasteiger partial charge in [0.05, 0.1) is 6.10 Å². The van der Waals surface area contributed by atoms with Crippen molar-refractivity contribution in [3.63, 3.8) is 0 Å². The standard InChI is InChI=1S/C28H28F4O/c1-2-33-23-13-10-20(11-14-23)19-6-8-21(9-7-19)24-15-12-22(27(31)28(24)32)5-3-18-4-16-25(29)26(30)17-18/h4,6-9,12,15-17,20,23H,2-3,5,10-11,13-14H2,1H3. The minimum absolute atomic E-state index is 0.192. The molecule has 5 heteroatoms. The zero-order valence-corrected chi connectivity index (χ0v) is 18.7. The Kier molecular flexibility index (Phi) is 7.49. The Morgan fingerprint density at radius 3 is 2.15 bits per heavy atom. The molecule has 0 atom stereocenters. The van der Waals surface area contributed by atoms with Crippen LogP contribution in [0, 0.1) is 23.3 Å². The normalized spacial score (nSPS) is 18.5. The number of hydrogen-bond acceptors (Lipinski definition) is 1. The molecule has 4 rings (SSSR count). The molecule has 0 saturated heterocycles. The quantitative estimate of drug-likeness (QED) is 0.330. The lowest BCUT2D eigenvalue weighted by atomic mass is 9.82. The highest BCUT2D eigenvalue weighted by molar-refractivity contribution is 5.65. The molecule has 0 N–H and O–H groups in total.